The number of anilines is 1. The summed E-state index contributed by atoms with van der Waals surface area (Å²) in [6.45, 7) is 2.12. The average molecular weight is 255 g/mol. The molecule has 0 bridgehead atoms. The molecule has 1 saturated heterocycles. The van der Waals surface area contributed by atoms with Gasteiger partial charge in [0.15, 0.2) is 0 Å². The maximum atomic E-state index is 5.94. The van der Waals surface area contributed by atoms with Crippen LogP contribution in [-0.4, -0.2) is 19.1 Å². The summed E-state index contributed by atoms with van der Waals surface area (Å²) >= 11 is 3.44. The minimum Gasteiger partial charge on any atom is -0.370 e. The largest absolute Gasteiger partial charge is 0.370 e. The molecule has 0 spiro atoms. The fourth-order valence-electron chi connectivity index (χ4n) is 1.90. The third kappa shape index (κ3) is 2.28. The second kappa shape index (κ2) is 4.32. The van der Waals surface area contributed by atoms with Gasteiger partial charge >= 0.3 is 0 Å². The molecule has 3 heteroatoms. The molecule has 1 aliphatic heterocycles. The van der Waals surface area contributed by atoms with Gasteiger partial charge < -0.3 is 10.6 Å². The molecule has 2 rings (SSSR count). The first kappa shape index (κ1) is 9.99. The van der Waals surface area contributed by atoms with E-state index in [0.717, 1.165) is 24.0 Å². The van der Waals surface area contributed by atoms with E-state index in [1.165, 1.54) is 12.1 Å². The molecule has 0 amide bonds. The van der Waals surface area contributed by atoms with Crippen molar-refractivity contribution in [3.8, 4) is 0 Å². The van der Waals surface area contributed by atoms with Gasteiger partial charge in [-0.2, -0.15) is 0 Å². The topological polar surface area (TPSA) is 29.3 Å². The highest BCUT2D eigenvalue weighted by atomic mass is 79.9. The van der Waals surface area contributed by atoms with Crippen molar-refractivity contribution in [1.82, 2.24) is 0 Å². The lowest BCUT2D eigenvalue weighted by Gasteiger charge is -2.32. The van der Waals surface area contributed by atoms with E-state index in [4.69, 9.17) is 5.73 Å². The molecule has 1 heterocycles. The van der Waals surface area contributed by atoms with Crippen molar-refractivity contribution in [1.29, 1.82) is 0 Å². The van der Waals surface area contributed by atoms with Crippen LogP contribution in [0.5, 0.6) is 0 Å². The molecule has 1 aliphatic rings. The van der Waals surface area contributed by atoms with Crippen LogP contribution in [0.1, 0.15) is 12.8 Å². The Balaban J connectivity index is 2.10. The number of benzene rings is 1. The van der Waals surface area contributed by atoms with Gasteiger partial charge in [-0.15, -0.1) is 0 Å². The minimum absolute atomic E-state index is 0.340. The highest BCUT2D eigenvalue weighted by Crippen LogP contribution is 2.21. The Morgan fingerprint density at radius 3 is 2.64 bits per heavy atom. The second-order valence-corrected chi connectivity index (χ2v) is 4.74. The zero-order valence-corrected chi connectivity index (χ0v) is 9.70. The van der Waals surface area contributed by atoms with Crippen molar-refractivity contribution >= 4 is 21.6 Å². The predicted molar refractivity (Wildman–Crippen MR) is 63.6 cm³/mol. The Morgan fingerprint density at radius 1 is 1.29 bits per heavy atom. The van der Waals surface area contributed by atoms with Crippen LogP contribution >= 0.6 is 15.9 Å². The lowest BCUT2D eigenvalue weighted by Crippen LogP contribution is -2.42. The molecule has 1 unspecified atom stereocenters. The summed E-state index contributed by atoms with van der Waals surface area (Å²) < 4.78 is 1.13. The molecule has 76 valence electrons. The van der Waals surface area contributed by atoms with E-state index in [0.29, 0.717) is 6.04 Å². The van der Waals surface area contributed by atoms with Gasteiger partial charge in [0.05, 0.1) is 0 Å². The number of halogens is 1. The van der Waals surface area contributed by atoms with Crippen LogP contribution in [0.2, 0.25) is 0 Å². The van der Waals surface area contributed by atoms with E-state index in [1.54, 1.807) is 0 Å². The van der Waals surface area contributed by atoms with Gasteiger partial charge in [0.25, 0.3) is 0 Å². The first-order valence-electron chi connectivity index (χ1n) is 5.02. The molecular formula is C11H15BrN2. The Morgan fingerprint density at radius 2 is 2.00 bits per heavy atom. The van der Waals surface area contributed by atoms with Crippen LogP contribution in [0.3, 0.4) is 0 Å². The van der Waals surface area contributed by atoms with Crippen LogP contribution < -0.4 is 10.6 Å². The van der Waals surface area contributed by atoms with E-state index in [-0.39, 0.29) is 0 Å². The number of rotatable bonds is 1. The van der Waals surface area contributed by atoms with Crippen molar-refractivity contribution in [3.63, 3.8) is 0 Å². The molecule has 1 aromatic rings. The Bertz CT molecular complexity index is 297. The first-order chi connectivity index (χ1) is 6.75. The Labute approximate surface area is 93.2 Å². The van der Waals surface area contributed by atoms with E-state index in [9.17, 15) is 0 Å². The molecule has 1 atom stereocenters. The number of hydrogen-bond acceptors (Lipinski definition) is 2. The number of nitrogens with two attached hydrogens (primary N) is 1. The summed E-state index contributed by atoms with van der Waals surface area (Å²) in [6.07, 6.45) is 2.37. The first-order valence-corrected chi connectivity index (χ1v) is 5.81. The lowest BCUT2D eigenvalue weighted by atomic mass is 10.1. The average Bonchev–Trinajstić information content (AvgIpc) is 2.19. The van der Waals surface area contributed by atoms with Crippen LogP contribution in [-0.2, 0) is 0 Å². The highest BCUT2D eigenvalue weighted by Gasteiger charge is 2.16. The van der Waals surface area contributed by atoms with Crippen molar-refractivity contribution in [2.45, 2.75) is 18.9 Å². The molecule has 14 heavy (non-hydrogen) atoms. The van der Waals surface area contributed by atoms with E-state index >= 15 is 0 Å². The summed E-state index contributed by atoms with van der Waals surface area (Å²) in [7, 11) is 0. The highest BCUT2D eigenvalue weighted by molar-refractivity contribution is 9.10. The second-order valence-electron chi connectivity index (χ2n) is 3.82. The molecule has 2 nitrogen and oxygen atoms in total. The van der Waals surface area contributed by atoms with Crippen molar-refractivity contribution in [2.75, 3.05) is 18.0 Å². The summed E-state index contributed by atoms with van der Waals surface area (Å²) in [5.74, 6) is 0. The monoisotopic (exact) mass is 254 g/mol. The fourth-order valence-corrected chi connectivity index (χ4v) is 2.16. The SMILES string of the molecule is NC1CCCN(c2ccc(Br)cc2)C1. The van der Waals surface area contributed by atoms with Gasteiger partial charge in [0.2, 0.25) is 0 Å². The molecule has 1 fully saturated rings. The van der Waals surface area contributed by atoms with E-state index in [2.05, 4.69) is 45.1 Å². The molecule has 0 radical (unpaired) electrons. The number of nitrogens with zero attached hydrogens (tertiary/aromatic N) is 1. The van der Waals surface area contributed by atoms with Crippen LogP contribution in [0, 0.1) is 0 Å². The van der Waals surface area contributed by atoms with Gasteiger partial charge in [0.1, 0.15) is 0 Å². The quantitative estimate of drug-likeness (QED) is 0.834. The van der Waals surface area contributed by atoms with E-state index < -0.39 is 0 Å². The molecule has 0 aliphatic carbocycles. The standard InChI is InChI=1S/C11H15BrN2/c12-9-3-5-11(6-4-9)14-7-1-2-10(13)8-14/h3-6,10H,1-2,7-8,13H2. The summed E-state index contributed by atoms with van der Waals surface area (Å²) in [5.41, 5.74) is 7.22. The third-order valence-electron chi connectivity index (χ3n) is 2.65. The summed E-state index contributed by atoms with van der Waals surface area (Å²) in [6, 6.07) is 8.78. The maximum Gasteiger partial charge on any atom is 0.0367 e. The maximum absolute atomic E-state index is 5.94. The summed E-state index contributed by atoms with van der Waals surface area (Å²) in [4.78, 5) is 2.36. The van der Waals surface area contributed by atoms with Crippen LogP contribution in [0.4, 0.5) is 5.69 Å². The third-order valence-corrected chi connectivity index (χ3v) is 3.18. The molecule has 1 aromatic carbocycles. The number of piperidine rings is 1. The number of hydrogen-bond donors (Lipinski definition) is 1. The molecule has 2 N–H and O–H groups in total. The van der Waals surface area contributed by atoms with Crippen molar-refractivity contribution < 1.29 is 0 Å². The van der Waals surface area contributed by atoms with Crippen molar-refractivity contribution in [3.05, 3.63) is 28.7 Å². The van der Waals surface area contributed by atoms with Gasteiger partial charge in [0, 0.05) is 29.3 Å². The van der Waals surface area contributed by atoms with E-state index in [1.807, 2.05) is 0 Å². The van der Waals surface area contributed by atoms with Gasteiger partial charge in [-0.1, -0.05) is 15.9 Å². The zero-order chi connectivity index (χ0) is 9.97. The zero-order valence-electron chi connectivity index (χ0n) is 8.12. The minimum atomic E-state index is 0.340. The summed E-state index contributed by atoms with van der Waals surface area (Å²) in [5, 5.41) is 0. The van der Waals surface area contributed by atoms with Crippen LogP contribution in [0.25, 0.3) is 0 Å². The van der Waals surface area contributed by atoms with Gasteiger partial charge in [-0.25, -0.2) is 0 Å². The smallest absolute Gasteiger partial charge is 0.0367 e. The normalized spacial score (nSPS) is 22.4. The predicted octanol–water partition coefficient (Wildman–Crippen LogP) is 2.38. The van der Waals surface area contributed by atoms with Crippen LogP contribution in [0.15, 0.2) is 28.7 Å². The molecule has 0 aromatic heterocycles. The lowest BCUT2D eigenvalue weighted by molar-refractivity contribution is 0.506. The Kier molecular flexibility index (Phi) is 3.08. The fraction of sp³-hybridized carbons (Fsp3) is 0.455. The molecular weight excluding hydrogens is 240 g/mol. The van der Waals surface area contributed by atoms with Crippen molar-refractivity contribution in [2.24, 2.45) is 5.73 Å². The van der Waals surface area contributed by atoms with Gasteiger partial charge in [-0.3, -0.25) is 0 Å². The van der Waals surface area contributed by atoms with Gasteiger partial charge in [-0.05, 0) is 37.1 Å². The molecule has 0 saturated carbocycles. The Hall–Kier alpha value is -0.540.